The maximum Gasteiger partial charge on any atom is 0.252 e. The monoisotopic (exact) mass is 249 g/mol. The van der Waals surface area contributed by atoms with Crippen LogP contribution in [0.4, 0.5) is 0 Å². The van der Waals surface area contributed by atoms with Crippen molar-refractivity contribution in [3.8, 4) is 0 Å². The Morgan fingerprint density at radius 3 is 1.94 bits per heavy atom. The first-order chi connectivity index (χ1) is 8.06. The minimum Gasteiger partial charge on any atom is -0.388 e. The number of carbonyl (C=O) groups is 1. The van der Waals surface area contributed by atoms with Gasteiger partial charge in [-0.2, -0.15) is 0 Å². The summed E-state index contributed by atoms with van der Waals surface area (Å²) in [6, 6.07) is 5.76. The van der Waals surface area contributed by atoms with Crippen molar-refractivity contribution in [1.82, 2.24) is 5.32 Å². The normalized spacial score (nSPS) is 12.4. The molecule has 0 heterocycles. The summed E-state index contributed by atoms with van der Waals surface area (Å²) in [5.41, 5.74) is 0.894. The molecule has 0 aliphatic carbocycles. The molecule has 0 bridgehead atoms. The average Bonchev–Trinajstić information content (AvgIpc) is 2.14. The van der Waals surface area contributed by atoms with Crippen LogP contribution < -0.4 is 5.32 Å². The molecule has 3 nitrogen and oxygen atoms in total. The van der Waals surface area contributed by atoms with Gasteiger partial charge in [0.25, 0.3) is 5.91 Å². The Morgan fingerprint density at radius 2 is 1.56 bits per heavy atom. The Balaban J connectivity index is 3.04. The summed E-state index contributed by atoms with van der Waals surface area (Å²) in [5, 5.41) is 13.0. The third kappa shape index (κ3) is 2.91. The van der Waals surface area contributed by atoms with Gasteiger partial charge in [-0.3, -0.25) is 4.79 Å². The molecule has 1 aromatic carbocycles. The molecular formula is C15H23NO2. The highest BCUT2D eigenvalue weighted by atomic mass is 16.3. The number of hydrogen-bond acceptors (Lipinski definition) is 2. The number of aliphatic hydroxyl groups is 1. The molecule has 18 heavy (non-hydrogen) atoms. The third-order valence-electron chi connectivity index (χ3n) is 3.66. The van der Waals surface area contributed by atoms with Gasteiger partial charge in [-0.05, 0) is 52.7 Å². The van der Waals surface area contributed by atoms with E-state index >= 15 is 0 Å². The van der Waals surface area contributed by atoms with E-state index in [9.17, 15) is 9.90 Å². The maximum absolute atomic E-state index is 12.3. The van der Waals surface area contributed by atoms with Crippen molar-refractivity contribution >= 4 is 5.91 Å². The minimum atomic E-state index is -0.987. The largest absolute Gasteiger partial charge is 0.388 e. The van der Waals surface area contributed by atoms with E-state index in [4.69, 9.17) is 0 Å². The predicted octanol–water partition coefficient (Wildman–Crippen LogP) is 2.58. The zero-order valence-electron chi connectivity index (χ0n) is 12.1. The van der Waals surface area contributed by atoms with Gasteiger partial charge in [0.2, 0.25) is 0 Å². The molecule has 0 aromatic heterocycles. The van der Waals surface area contributed by atoms with Crippen LogP contribution in [0.25, 0.3) is 0 Å². The zero-order chi connectivity index (χ0) is 14.1. The van der Waals surface area contributed by atoms with Crippen molar-refractivity contribution in [2.75, 3.05) is 0 Å². The van der Waals surface area contributed by atoms with Gasteiger partial charge in [-0.15, -0.1) is 0 Å². The minimum absolute atomic E-state index is 0.141. The fourth-order valence-corrected chi connectivity index (χ4v) is 1.67. The van der Waals surface area contributed by atoms with Crippen LogP contribution in [0.5, 0.6) is 0 Å². The Hall–Kier alpha value is -1.35. The number of carbonyl (C=O) groups excluding carboxylic acids is 1. The second-order valence-corrected chi connectivity index (χ2v) is 5.90. The molecule has 0 radical (unpaired) electrons. The molecule has 1 amide bonds. The third-order valence-corrected chi connectivity index (χ3v) is 3.66. The molecule has 0 saturated heterocycles. The number of amides is 1. The molecule has 2 N–H and O–H groups in total. The highest BCUT2D eigenvalue weighted by Gasteiger charge is 2.36. The Kier molecular flexibility index (Phi) is 3.86. The first-order valence-electron chi connectivity index (χ1n) is 6.17. The fourth-order valence-electron chi connectivity index (χ4n) is 1.67. The van der Waals surface area contributed by atoms with E-state index in [2.05, 4.69) is 5.32 Å². The molecule has 1 rings (SSSR count). The lowest BCUT2D eigenvalue weighted by Gasteiger charge is -2.38. The summed E-state index contributed by atoms with van der Waals surface area (Å²) in [5.74, 6) is -0.141. The second-order valence-electron chi connectivity index (χ2n) is 5.90. The molecule has 0 unspecified atom stereocenters. The average molecular weight is 249 g/mol. The lowest BCUT2D eigenvalue weighted by molar-refractivity contribution is -0.00295. The molecule has 0 saturated carbocycles. The summed E-state index contributed by atoms with van der Waals surface area (Å²) >= 11 is 0. The summed E-state index contributed by atoms with van der Waals surface area (Å²) < 4.78 is 0. The quantitative estimate of drug-likeness (QED) is 0.865. The van der Waals surface area contributed by atoms with Crippen LogP contribution in [-0.4, -0.2) is 22.2 Å². The molecule has 0 aliphatic heterocycles. The van der Waals surface area contributed by atoms with Gasteiger partial charge in [-0.25, -0.2) is 0 Å². The first kappa shape index (κ1) is 14.7. The van der Waals surface area contributed by atoms with E-state index in [1.807, 2.05) is 45.9 Å². The smallest absolute Gasteiger partial charge is 0.252 e. The summed E-state index contributed by atoms with van der Waals surface area (Å²) in [6.45, 7) is 10.9. The van der Waals surface area contributed by atoms with E-state index in [-0.39, 0.29) is 5.91 Å². The van der Waals surface area contributed by atoms with E-state index in [1.54, 1.807) is 13.8 Å². The topological polar surface area (TPSA) is 49.3 Å². The predicted molar refractivity (Wildman–Crippen MR) is 73.8 cm³/mol. The summed E-state index contributed by atoms with van der Waals surface area (Å²) in [7, 11) is 0. The van der Waals surface area contributed by atoms with Crippen LogP contribution in [0.3, 0.4) is 0 Å². The highest BCUT2D eigenvalue weighted by Crippen LogP contribution is 2.22. The van der Waals surface area contributed by atoms with Gasteiger partial charge < -0.3 is 10.4 Å². The number of hydrogen-bond donors (Lipinski definition) is 2. The van der Waals surface area contributed by atoms with Crippen molar-refractivity contribution in [1.29, 1.82) is 0 Å². The number of benzene rings is 1. The van der Waals surface area contributed by atoms with Gasteiger partial charge in [0.1, 0.15) is 0 Å². The van der Waals surface area contributed by atoms with Crippen LogP contribution in [0, 0.1) is 13.8 Å². The van der Waals surface area contributed by atoms with Crippen LogP contribution in [0.2, 0.25) is 0 Å². The van der Waals surface area contributed by atoms with Crippen molar-refractivity contribution in [2.24, 2.45) is 0 Å². The van der Waals surface area contributed by atoms with Crippen LogP contribution in [-0.2, 0) is 0 Å². The van der Waals surface area contributed by atoms with Gasteiger partial charge in [0, 0.05) is 5.56 Å². The highest BCUT2D eigenvalue weighted by molar-refractivity contribution is 5.97. The molecule has 100 valence electrons. The second kappa shape index (κ2) is 4.73. The molecule has 0 atom stereocenters. The molecular weight excluding hydrogens is 226 g/mol. The molecule has 0 fully saturated rings. The van der Waals surface area contributed by atoms with Crippen molar-refractivity contribution in [2.45, 2.75) is 52.7 Å². The van der Waals surface area contributed by atoms with E-state index in [0.29, 0.717) is 5.56 Å². The van der Waals surface area contributed by atoms with Crippen molar-refractivity contribution < 1.29 is 9.90 Å². The van der Waals surface area contributed by atoms with Gasteiger partial charge >= 0.3 is 0 Å². The van der Waals surface area contributed by atoms with Crippen LogP contribution >= 0.6 is 0 Å². The van der Waals surface area contributed by atoms with Gasteiger partial charge in [0.15, 0.2) is 0 Å². The first-order valence-corrected chi connectivity index (χ1v) is 6.17. The molecule has 1 aromatic rings. The summed E-state index contributed by atoms with van der Waals surface area (Å²) in [4.78, 5) is 12.3. The Labute approximate surface area is 109 Å². The molecule has 3 heteroatoms. The summed E-state index contributed by atoms with van der Waals surface area (Å²) in [6.07, 6.45) is 0. The lowest BCUT2D eigenvalue weighted by atomic mass is 9.85. The number of aryl methyl sites for hydroxylation is 2. The van der Waals surface area contributed by atoms with E-state index in [0.717, 1.165) is 11.1 Å². The fraction of sp³-hybridized carbons (Fsp3) is 0.533. The van der Waals surface area contributed by atoms with E-state index in [1.165, 1.54) is 0 Å². The standard InChI is InChI=1S/C15H23NO2/c1-10-8-7-9-11(2)12(10)13(17)16-14(3,4)15(5,6)18/h7-9,18H,1-6H3,(H,16,17). The van der Waals surface area contributed by atoms with Crippen molar-refractivity contribution in [3.63, 3.8) is 0 Å². The Bertz CT molecular complexity index is 436. The van der Waals surface area contributed by atoms with Crippen molar-refractivity contribution in [3.05, 3.63) is 34.9 Å². The number of nitrogens with one attached hydrogen (secondary N) is 1. The van der Waals surface area contributed by atoms with Crippen LogP contribution in [0.1, 0.15) is 49.2 Å². The van der Waals surface area contributed by atoms with Gasteiger partial charge in [-0.1, -0.05) is 18.2 Å². The zero-order valence-corrected chi connectivity index (χ0v) is 12.1. The molecule has 0 aliphatic rings. The SMILES string of the molecule is Cc1cccc(C)c1C(=O)NC(C)(C)C(C)(C)O. The Morgan fingerprint density at radius 1 is 1.11 bits per heavy atom. The molecule has 0 spiro atoms. The lowest BCUT2D eigenvalue weighted by Crippen LogP contribution is -2.57. The van der Waals surface area contributed by atoms with Crippen LogP contribution in [0.15, 0.2) is 18.2 Å². The number of rotatable bonds is 3. The van der Waals surface area contributed by atoms with Gasteiger partial charge in [0.05, 0.1) is 11.1 Å². The maximum atomic E-state index is 12.3. The van der Waals surface area contributed by atoms with E-state index < -0.39 is 11.1 Å².